The second kappa shape index (κ2) is 15.2. The lowest BCUT2D eigenvalue weighted by molar-refractivity contribution is -0.276. The molecule has 3 aromatic carbocycles. The van der Waals surface area contributed by atoms with Crippen LogP contribution in [0.2, 0.25) is 0 Å². The molecule has 0 aliphatic carbocycles. The van der Waals surface area contributed by atoms with Gasteiger partial charge in [-0.3, -0.25) is 5.41 Å². The van der Waals surface area contributed by atoms with Crippen molar-refractivity contribution in [2.24, 2.45) is 0 Å². The zero-order chi connectivity index (χ0) is 34.4. The Morgan fingerprint density at radius 3 is 1.38 bits per heavy atom. The summed E-state index contributed by atoms with van der Waals surface area (Å²) in [7, 11) is 0. The minimum atomic E-state index is -2.43. The highest BCUT2D eigenvalue weighted by Gasteiger charge is 2.57. The van der Waals surface area contributed by atoms with Crippen molar-refractivity contribution in [2.45, 2.75) is 60.9 Å². The van der Waals surface area contributed by atoms with Crippen molar-refractivity contribution in [3.8, 4) is 0 Å². The molecule has 3 aromatic rings. The number of carbonyl (C=O) groups is 4. The Hall–Kier alpha value is -4.16. The third-order valence-corrected chi connectivity index (χ3v) is 6.90. The van der Waals surface area contributed by atoms with E-state index in [0.29, 0.717) is 0 Å². The molecule has 1 aliphatic rings. The van der Waals surface area contributed by atoms with Gasteiger partial charge >= 0.3 is 23.9 Å². The van der Waals surface area contributed by atoms with E-state index in [1.165, 1.54) is 36.4 Å². The van der Waals surface area contributed by atoms with Crippen LogP contribution in [0.15, 0.2) is 91.0 Å². The molecule has 1 heterocycles. The molecule has 0 bridgehead atoms. The summed E-state index contributed by atoms with van der Waals surface area (Å²) < 4.78 is 32.0. The van der Waals surface area contributed by atoms with Gasteiger partial charge in [0.2, 0.25) is 18.3 Å². The molecule has 1 saturated heterocycles. The molecule has 4 rings (SSSR count). The van der Waals surface area contributed by atoms with Crippen LogP contribution < -0.4 is 0 Å². The number of carbonyl (C=O) groups excluding carboxylic acids is 4. The Kier molecular flexibility index (Phi) is 11.5. The Morgan fingerprint density at radius 2 is 1.00 bits per heavy atom. The lowest BCUT2D eigenvalue weighted by atomic mass is 9.97. The molecule has 0 saturated carbocycles. The number of rotatable bonds is 8. The second-order valence-corrected chi connectivity index (χ2v) is 13.4. The van der Waals surface area contributed by atoms with Crippen molar-refractivity contribution in [1.82, 2.24) is 0 Å². The fourth-order valence-electron chi connectivity index (χ4n) is 4.32. The number of esters is 4. The van der Waals surface area contributed by atoms with Crippen molar-refractivity contribution in [2.75, 3.05) is 0 Å². The van der Waals surface area contributed by atoms with Crippen molar-refractivity contribution < 1.29 is 47.6 Å². The van der Waals surface area contributed by atoms with Crippen molar-refractivity contribution >= 4 is 64.6 Å². The maximum atomic E-state index is 13.6. The normalized spacial score (nSPS) is 21.1. The van der Waals surface area contributed by atoms with Gasteiger partial charge in [-0.15, -0.1) is 0 Å². The summed E-state index contributed by atoms with van der Waals surface area (Å²) in [5, 5.41) is 8.20. The Bertz CT molecular complexity index is 1580. The maximum absolute atomic E-state index is 13.6. The molecule has 0 amide bonds. The molecular weight excluding hydrogens is 677 g/mol. The Morgan fingerprint density at radius 1 is 0.617 bits per heavy atom. The van der Waals surface area contributed by atoms with E-state index < -0.39 is 69.9 Å². The number of alkyl halides is 3. The molecule has 0 spiro atoms. The number of hydrogen-bond donors (Lipinski definition) is 1. The van der Waals surface area contributed by atoms with Gasteiger partial charge in [0.25, 0.3) is 3.79 Å². The SMILES string of the molecule is CC(C)(C)OC(=O)[C@H]1O[C@H](OC(=N)C(Cl)(Cl)Cl)[C@H](OC(=O)c2ccccc2)[C@@H](OC(=O)c2ccccc2)[C@@H]1OC(=O)c1ccccc1. The van der Waals surface area contributed by atoms with Gasteiger partial charge in [-0.2, -0.15) is 0 Å². The van der Waals surface area contributed by atoms with Gasteiger partial charge in [0.1, 0.15) is 5.60 Å². The monoisotopic (exact) mass is 705 g/mol. The van der Waals surface area contributed by atoms with Gasteiger partial charge < -0.3 is 28.4 Å². The fraction of sp³-hybridized carbons (Fsp3) is 0.303. The van der Waals surface area contributed by atoms with Crippen LogP contribution in [0.5, 0.6) is 0 Å². The third-order valence-electron chi connectivity index (χ3n) is 6.38. The maximum Gasteiger partial charge on any atom is 0.340 e. The van der Waals surface area contributed by atoms with E-state index in [2.05, 4.69) is 0 Å². The number of hydrogen-bond acceptors (Lipinski definition) is 11. The predicted molar refractivity (Wildman–Crippen MR) is 171 cm³/mol. The molecule has 14 heteroatoms. The highest BCUT2D eigenvalue weighted by Crippen LogP contribution is 2.35. The molecule has 11 nitrogen and oxygen atoms in total. The smallest absolute Gasteiger partial charge is 0.340 e. The van der Waals surface area contributed by atoms with Gasteiger partial charge in [-0.25, -0.2) is 19.2 Å². The predicted octanol–water partition coefficient (Wildman–Crippen LogP) is 6.09. The molecule has 0 aromatic heterocycles. The van der Waals surface area contributed by atoms with Gasteiger partial charge in [-0.1, -0.05) is 89.4 Å². The van der Waals surface area contributed by atoms with Gasteiger partial charge in [-0.05, 0) is 57.2 Å². The van der Waals surface area contributed by atoms with Crippen LogP contribution in [-0.2, 0) is 33.2 Å². The number of halogens is 3. The zero-order valence-electron chi connectivity index (χ0n) is 25.3. The van der Waals surface area contributed by atoms with Gasteiger partial charge in [0.05, 0.1) is 16.7 Å². The van der Waals surface area contributed by atoms with E-state index in [4.69, 9.17) is 68.6 Å². The molecule has 0 unspecified atom stereocenters. The molecule has 248 valence electrons. The first-order chi connectivity index (χ1) is 22.1. The van der Waals surface area contributed by atoms with Gasteiger partial charge in [0, 0.05) is 0 Å². The van der Waals surface area contributed by atoms with E-state index in [9.17, 15) is 19.2 Å². The average Bonchev–Trinajstić information content (AvgIpc) is 3.03. The summed E-state index contributed by atoms with van der Waals surface area (Å²) in [6.07, 6.45) is -9.20. The fourth-order valence-corrected chi connectivity index (χ4v) is 4.46. The zero-order valence-corrected chi connectivity index (χ0v) is 27.5. The molecule has 1 N–H and O–H groups in total. The summed E-state index contributed by atoms with van der Waals surface area (Å²) in [4.78, 5) is 54.0. The lowest BCUT2D eigenvalue weighted by Crippen LogP contribution is -2.64. The largest absolute Gasteiger partial charge is 0.458 e. The summed E-state index contributed by atoms with van der Waals surface area (Å²) >= 11 is 17.6. The minimum Gasteiger partial charge on any atom is -0.458 e. The van der Waals surface area contributed by atoms with E-state index in [-0.39, 0.29) is 16.7 Å². The molecule has 1 fully saturated rings. The van der Waals surface area contributed by atoms with Crippen LogP contribution >= 0.6 is 34.8 Å². The van der Waals surface area contributed by atoms with E-state index >= 15 is 0 Å². The van der Waals surface area contributed by atoms with Crippen LogP contribution in [-0.4, -0.2) is 69.9 Å². The van der Waals surface area contributed by atoms with Crippen molar-refractivity contribution in [1.29, 1.82) is 5.41 Å². The minimum absolute atomic E-state index is 0.0700. The highest BCUT2D eigenvalue weighted by atomic mass is 35.6. The summed E-state index contributed by atoms with van der Waals surface area (Å²) in [6.45, 7) is 4.76. The average molecular weight is 707 g/mol. The quantitative estimate of drug-likeness (QED) is 0.0959. The van der Waals surface area contributed by atoms with Crippen molar-refractivity contribution in [3.05, 3.63) is 108 Å². The summed E-state index contributed by atoms with van der Waals surface area (Å²) in [6, 6.07) is 23.2. The third kappa shape index (κ3) is 9.68. The summed E-state index contributed by atoms with van der Waals surface area (Å²) in [5.74, 6) is -4.87. The topological polar surface area (TPSA) is 148 Å². The molecular formula is C33H30Cl3NO10. The van der Waals surface area contributed by atoms with Crippen LogP contribution in [0.1, 0.15) is 51.8 Å². The molecule has 1 aliphatic heterocycles. The molecule has 5 atom stereocenters. The molecule has 0 radical (unpaired) electrons. The Balaban J connectivity index is 1.85. The van der Waals surface area contributed by atoms with Crippen LogP contribution in [0.4, 0.5) is 0 Å². The number of ether oxygens (including phenoxy) is 6. The number of benzene rings is 3. The highest BCUT2D eigenvalue weighted by molar-refractivity contribution is 6.76. The van der Waals surface area contributed by atoms with E-state index in [1.807, 2.05) is 0 Å². The van der Waals surface area contributed by atoms with Crippen LogP contribution in [0.25, 0.3) is 0 Å². The first-order valence-corrected chi connectivity index (χ1v) is 15.3. The van der Waals surface area contributed by atoms with Crippen LogP contribution in [0.3, 0.4) is 0 Å². The van der Waals surface area contributed by atoms with Crippen molar-refractivity contribution in [3.63, 3.8) is 0 Å². The first kappa shape index (κ1) is 35.7. The first-order valence-electron chi connectivity index (χ1n) is 14.1. The lowest BCUT2D eigenvalue weighted by Gasteiger charge is -2.44. The second-order valence-electron chi connectivity index (χ2n) is 11.1. The number of nitrogens with one attached hydrogen (secondary N) is 1. The Labute approximate surface area is 285 Å². The van der Waals surface area contributed by atoms with E-state index in [0.717, 1.165) is 0 Å². The van der Waals surface area contributed by atoms with Gasteiger partial charge in [0.15, 0.2) is 18.3 Å². The summed E-state index contributed by atoms with van der Waals surface area (Å²) in [5.41, 5.74) is -0.844. The molecule has 47 heavy (non-hydrogen) atoms. The van der Waals surface area contributed by atoms with E-state index in [1.54, 1.807) is 75.4 Å². The standard InChI is InChI=1S/C33H30Cl3NO10/c1-32(2,3)47-29(41)24-22(42-26(38)19-13-7-4-8-14-19)23(43-27(39)20-15-9-5-10-16-20)25(30(45-24)46-31(37)33(34,35)36)44-28(40)21-17-11-6-12-18-21/h4-18,22-25,30,37H,1-3H3/t22-,23-,24-,25+,30+/m0/s1. The van der Waals surface area contributed by atoms with Crippen LogP contribution in [0, 0.1) is 5.41 Å².